The van der Waals surface area contributed by atoms with Crippen molar-refractivity contribution in [2.75, 3.05) is 16.4 Å². The lowest BCUT2D eigenvalue weighted by Gasteiger charge is -2.23. The number of amides is 2. The van der Waals surface area contributed by atoms with Gasteiger partial charge in [-0.2, -0.15) is 0 Å². The van der Waals surface area contributed by atoms with Gasteiger partial charge in [-0.1, -0.05) is 18.5 Å². The van der Waals surface area contributed by atoms with E-state index >= 15 is 0 Å². The Kier molecular flexibility index (Phi) is 6.32. The number of hydrogen-bond donors (Lipinski definition) is 2. The van der Waals surface area contributed by atoms with E-state index in [1.807, 2.05) is 6.92 Å². The van der Waals surface area contributed by atoms with Gasteiger partial charge in [-0.15, -0.1) is 11.8 Å². The summed E-state index contributed by atoms with van der Waals surface area (Å²) in [6.45, 7) is 1.93. The van der Waals surface area contributed by atoms with Crippen molar-refractivity contribution in [3.05, 3.63) is 47.5 Å². The van der Waals surface area contributed by atoms with Crippen molar-refractivity contribution in [2.24, 2.45) is 0 Å². The van der Waals surface area contributed by atoms with Gasteiger partial charge in [0.15, 0.2) is 9.84 Å². The molecule has 0 aliphatic carbocycles. The minimum Gasteiger partial charge on any atom is -0.326 e. The highest BCUT2D eigenvalue weighted by Crippen LogP contribution is 2.38. The maximum atomic E-state index is 12.6. The first-order chi connectivity index (χ1) is 13.3. The molecule has 1 atom stereocenters. The summed E-state index contributed by atoms with van der Waals surface area (Å²) in [5.74, 6) is -0.862. The number of nitrogens with one attached hydrogen (secondary N) is 2. The third kappa shape index (κ3) is 4.87. The first-order valence-electron chi connectivity index (χ1n) is 8.68. The van der Waals surface area contributed by atoms with Crippen LogP contribution in [0.4, 0.5) is 11.4 Å². The molecule has 1 heterocycles. The molecule has 2 amide bonds. The van der Waals surface area contributed by atoms with Crippen molar-refractivity contribution in [2.45, 2.75) is 34.8 Å². The van der Waals surface area contributed by atoms with E-state index in [4.69, 9.17) is 11.6 Å². The lowest BCUT2D eigenvalue weighted by molar-refractivity contribution is -0.116. The Morgan fingerprint density at radius 1 is 1.21 bits per heavy atom. The van der Waals surface area contributed by atoms with Gasteiger partial charge in [0.05, 0.1) is 21.6 Å². The van der Waals surface area contributed by atoms with Crippen LogP contribution in [0.5, 0.6) is 0 Å². The van der Waals surface area contributed by atoms with E-state index in [2.05, 4.69) is 10.6 Å². The number of benzene rings is 2. The fraction of sp³-hybridized carbons (Fsp3) is 0.263. The van der Waals surface area contributed by atoms with Gasteiger partial charge >= 0.3 is 0 Å². The molecular weight excluding hydrogens is 420 g/mol. The van der Waals surface area contributed by atoms with Crippen LogP contribution in [-0.4, -0.2) is 31.2 Å². The average Bonchev–Trinajstić information content (AvgIpc) is 2.67. The summed E-state index contributed by atoms with van der Waals surface area (Å²) in [4.78, 5) is 25.0. The van der Waals surface area contributed by atoms with E-state index in [0.29, 0.717) is 22.8 Å². The molecule has 1 aliphatic heterocycles. The predicted octanol–water partition coefficient (Wildman–Crippen LogP) is 3.97. The smallest absolute Gasteiger partial charge is 0.237 e. The molecule has 3 rings (SSSR count). The molecule has 9 heteroatoms. The molecule has 6 nitrogen and oxygen atoms in total. The molecule has 0 spiro atoms. The zero-order valence-electron chi connectivity index (χ0n) is 15.1. The van der Waals surface area contributed by atoms with E-state index in [1.54, 1.807) is 30.3 Å². The zero-order chi connectivity index (χ0) is 20.3. The van der Waals surface area contributed by atoms with E-state index in [-0.39, 0.29) is 28.2 Å². The van der Waals surface area contributed by atoms with Gasteiger partial charge < -0.3 is 10.6 Å². The van der Waals surface area contributed by atoms with E-state index in [9.17, 15) is 18.0 Å². The number of carbonyl (C=O) groups is 2. The molecule has 28 heavy (non-hydrogen) atoms. The number of carbonyl (C=O) groups excluding carboxylic acids is 2. The topological polar surface area (TPSA) is 92.3 Å². The number of thioether (sulfide) groups is 1. The van der Waals surface area contributed by atoms with Crippen LogP contribution in [0, 0.1) is 0 Å². The summed E-state index contributed by atoms with van der Waals surface area (Å²) in [5.41, 5.74) is 1.04. The Bertz CT molecular complexity index is 1010. The summed E-state index contributed by atoms with van der Waals surface area (Å²) in [6, 6.07) is 11.2. The quantitative estimate of drug-likeness (QED) is 0.712. The van der Waals surface area contributed by atoms with E-state index in [0.717, 1.165) is 4.90 Å². The van der Waals surface area contributed by atoms with Crippen molar-refractivity contribution >= 4 is 56.4 Å². The molecule has 0 aromatic heterocycles. The fourth-order valence-electron chi connectivity index (χ4n) is 2.69. The summed E-state index contributed by atoms with van der Waals surface area (Å²) in [6.07, 6.45) is 0.514. The number of anilines is 2. The maximum absolute atomic E-state index is 12.6. The van der Waals surface area contributed by atoms with Crippen LogP contribution in [0.25, 0.3) is 0 Å². The third-order valence-electron chi connectivity index (χ3n) is 4.23. The highest BCUT2D eigenvalue weighted by molar-refractivity contribution is 8.01. The monoisotopic (exact) mass is 438 g/mol. The molecule has 0 saturated heterocycles. The summed E-state index contributed by atoms with van der Waals surface area (Å²) in [7, 11) is -3.67. The van der Waals surface area contributed by atoms with Gasteiger partial charge in [-0.3, -0.25) is 9.59 Å². The predicted molar refractivity (Wildman–Crippen MR) is 112 cm³/mol. The van der Waals surface area contributed by atoms with Crippen molar-refractivity contribution in [1.82, 2.24) is 0 Å². The molecule has 0 fully saturated rings. The second-order valence-electron chi connectivity index (χ2n) is 6.29. The average molecular weight is 439 g/mol. The number of fused-ring (bicyclic) bond motifs is 1. The summed E-state index contributed by atoms with van der Waals surface area (Å²) in [5, 5.41) is 5.77. The second kappa shape index (κ2) is 8.55. The summed E-state index contributed by atoms with van der Waals surface area (Å²) >= 11 is 7.22. The van der Waals surface area contributed by atoms with Crippen molar-refractivity contribution in [3.8, 4) is 0 Å². The molecule has 2 N–H and O–H groups in total. The highest BCUT2D eigenvalue weighted by atomic mass is 35.5. The van der Waals surface area contributed by atoms with Gasteiger partial charge in [0.2, 0.25) is 11.8 Å². The standard InChI is InChI=1S/C19H19ClN2O4S2/c1-2-16-19(24)22-15-11-14(7-8-17(15)27-16)28(25,26)10-9-18(23)21-13-5-3-12(20)4-6-13/h3-8,11,16H,2,9-10H2,1H3,(H,21,23)(H,22,24). The second-order valence-corrected chi connectivity index (χ2v) is 10.1. The number of halogens is 1. The van der Waals surface area contributed by atoms with E-state index in [1.165, 1.54) is 23.9 Å². The Morgan fingerprint density at radius 2 is 1.93 bits per heavy atom. The molecule has 2 aromatic carbocycles. The van der Waals surface area contributed by atoms with Crippen molar-refractivity contribution in [1.29, 1.82) is 0 Å². The molecule has 2 aromatic rings. The van der Waals surface area contributed by atoms with Gasteiger partial charge in [-0.25, -0.2) is 8.42 Å². The van der Waals surface area contributed by atoms with Crippen molar-refractivity contribution in [3.63, 3.8) is 0 Å². The first kappa shape index (κ1) is 20.7. The molecule has 0 bridgehead atoms. The maximum Gasteiger partial charge on any atom is 0.237 e. The van der Waals surface area contributed by atoms with Gasteiger partial charge in [0, 0.05) is 22.0 Å². The van der Waals surface area contributed by atoms with Crippen LogP contribution in [0.2, 0.25) is 5.02 Å². The van der Waals surface area contributed by atoms with Crippen molar-refractivity contribution < 1.29 is 18.0 Å². The minimum atomic E-state index is -3.67. The van der Waals surface area contributed by atoms with Gasteiger partial charge in [-0.05, 0) is 48.9 Å². The fourth-order valence-corrected chi connectivity index (χ4v) is 5.10. The molecule has 0 radical (unpaired) electrons. The normalized spacial score (nSPS) is 16.2. The largest absolute Gasteiger partial charge is 0.326 e. The van der Waals surface area contributed by atoms with Crippen LogP contribution in [0.3, 0.4) is 0 Å². The van der Waals surface area contributed by atoms with E-state index < -0.39 is 15.7 Å². The lowest BCUT2D eigenvalue weighted by atomic mass is 10.2. The van der Waals surface area contributed by atoms with Crippen LogP contribution < -0.4 is 10.6 Å². The van der Waals surface area contributed by atoms with Crippen LogP contribution in [0.15, 0.2) is 52.3 Å². The number of rotatable bonds is 6. The molecule has 1 aliphatic rings. The number of sulfone groups is 1. The Balaban J connectivity index is 1.66. The van der Waals surface area contributed by atoms with Gasteiger partial charge in [0.25, 0.3) is 0 Å². The molecule has 148 valence electrons. The Hall–Kier alpha value is -2.03. The first-order valence-corrected chi connectivity index (χ1v) is 11.6. The third-order valence-corrected chi connectivity index (χ3v) is 7.63. The lowest BCUT2D eigenvalue weighted by Crippen LogP contribution is -2.28. The van der Waals surface area contributed by atoms with Gasteiger partial charge in [0.1, 0.15) is 0 Å². The summed E-state index contributed by atoms with van der Waals surface area (Å²) < 4.78 is 25.2. The Morgan fingerprint density at radius 3 is 2.61 bits per heavy atom. The molecule has 0 saturated carbocycles. The zero-order valence-corrected chi connectivity index (χ0v) is 17.5. The van der Waals surface area contributed by atoms with Crippen LogP contribution in [0.1, 0.15) is 19.8 Å². The highest BCUT2D eigenvalue weighted by Gasteiger charge is 2.27. The SMILES string of the molecule is CCC1Sc2ccc(S(=O)(=O)CCC(=O)Nc3ccc(Cl)cc3)cc2NC1=O. The molecular formula is C19H19ClN2O4S2. The van der Waals surface area contributed by atoms with Crippen LogP contribution >= 0.6 is 23.4 Å². The Labute approximate surface area is 173 Å². The number of hydrogen-bond acceptors (Lipinski definition) is 5. The molecule has 1 unspecified atom stereocenters. The van der Waals surface area contributed by atoms with Crippen LogP contribution in [-0.2, 0) is 19.4 Å². The minimum absolute atomic E-state index is 0.0846.